The van der Waals surface area contributed by atoms with Gasteiger partial charge in [0.05, 0.1) is 5.71 Å². The predicted molar refractivity (Wildman–Crippen MR) is 36.5 cm³/mol. The Morgan fingerprint density at radius 2 is 2.56 bits per heavy atom. The van der Waals surface area contributed by atoms with Crippen LogP contribution in [-0.4, -0.2) is 25.9 Å². The van der Waals surface area contributed by atoms with Crippen LogP contribution in [-0.2, 0) is 4.84 Å². The molecule has 1 aliphatic heterocycles. The van der Waals surface area contributed by atoms with Crippen LogP contribution in [0.1, 0.15) is 12.8 Å². The summed E-state index contributed by atoms with van der Waals surface area (Å²) in [4.78, 5) is 4.63. The summed E-state index contributed by atoms with van der Waals surface area (Å²) in [6.45, 7) is 2.01. The number of nitrogens with one attached hydrogen (secondary N) is 1. The molecule has 52 valence electrons. The van der Waals surface area contributed by atoms with Gasteiger partial charge in [-0.2, -0.15) is 0 Å². The highest BCUT2D eigenvalue weighted by Crippen LogP contribution is 1.97. The molecule has 0 aliphatic carbocycles. The number of piperidine rings is 1. The molecule has 1 N–H and O–H groups in total. The SMILES string of the molecule is CO/N=C1\CCCNC1. The molecule has 3 nitrogen and oxygen atoms in total. The second-order valence-electron chi connectivity index (χ2n) is 2.12. The quantitative estimate of drug-likeness (QED) is 0.518. The maximum Gasteiger partial charge on any atom is 0.106 e. The van der Waals surface area contributed by atoms with Crippen LogP contribution in [0.15, 0.2) is 5.16 Å². The molecule has 0 saturated carbocycles. The van der Waals surface area contributed by atoms with Crippen molar-refractivity contribution in [2.24, 2.45) is 5.16 Å². The summed E-state index contributed by atoms with van der Waals surface area (Å²) in [5, 5.41) is 7.05. The van der Waals surface area contributed by atoms with E-state index in [0.29, 0.717) is 0 Å². The minimum atomic E-state index is 0.897. The molecule has 1 fully saturated rings. The van der Waals surface area contributed by atoms with Gasteiger partial charge in [-0.3, -0.25) is 0 Å². The largest absolute Gasteiger partial charge is 0.399 e. The molecular weight excluding hydrogens is 116 g/mol. The number of oxime groups is 1. The van der Waals surface area contributed by atoms with Crippen LogP contribution in [0.3, 0.4) is 0 Å². The first-order valence-electron chi connectivity index (χ1n) is 3.23. The predicted octanol–water partition coefficient (Wildman–Crippen LogP) is 0.372. The molecule has 1 saturated heterocycles. The molecule has 0 amide bonds. The molecule has 0 spiro atoms. The fraction of sp³-hybridized carbons (Fsp3) is 0.833. The summed E-state index contributed by atoms with van der Waals surface area (Å²) in [5.41, 5.74) is 1.13. The number of rotatable bonds is 1. The molecular formula is C6H12N2O. The molecule has 0 aromatic heterocycles. The van der Waals surface area contributed by atoms with Crippen molar-refractivity contribution in [3.8, 4) is 0 Å². The summed E-state index contributed by atoms with van der Waals surface area (Å²) in [7, 11) is 1.58. The van der Waals surface area contributed by atoms with Gasteiger partial charge in [0, 0.05) is 6.54 Å². The van der Waals surface area contributed by atoms with E-state index in [2.05, 4.69) is 15.3 Å². The van der Waals surface area contributed by atoms with E-state index >= 15 is 0 Å². The minimum Gasteiger partial charge on any atom is -0.399 e. The van der Waals surface area contributed by atoms with Crippen LogP contribution in [0.2, 0.25) is 0 Å². The summed E-state index contributed by atoms with van der Waals surface area (Å²) < 4.78 is 0. The minimum absolute atomic E-state index is 0.897. The lowest BCUT2D eigenvalue weighted by atomic mass is 10.1. The summed E-state index contributed by atoms with van der Waals surface area (Å²) in [6.07, 6.45) is 2.27. The Morgan fingerprint density at radius 1 is 1.67 bits per heavy atom. The lowest BCUT2D eigenvalue weighted by molar-refractivity contribution is 0.211. The Bertz CT molecular complexity index is 104. The van der Waals surface area contributed by atoms with E-state index in [0.717, 1.165) is 25.2 Å². The number of hydrogen-bond donors (Lipinski definition) is 1. The summed E-state index contributed by atoms with van der Waals surface area (Å²) in [5.74, 6) is 0. The summed E-state index contributed by atoms with van der Waals surface area (Å²) >= 11 is 0. The molecule has 0 bridgehead atoms. The van der Waals surface area contributed by atoms with Crippen molar-refractivity contribution in [1.29, 1.82) is 0 Å². The van der Waals surface area contributed by atoms with E-state index in [4.69, 9.17) is 0 Å². The van der Waals surface area contributed by atoms with E-state index in [9.17, 15) is 0 Å². The van der Waals surface area contributed by atoms with Crippen LogP contribution >= 0.6 is 0 Å². The molecule has 1 rings (SSSR count). The highest BCUT2D eigenvalue weighted by atomic mass is 16.6. The van der Waals surface area contributed by atoms with Crippen molar-refractivity contribution in [3.05, 3.63) is 0 Å². The van der Waals surface area contributed by atoms with Gasteiger partial charge in [-0.1, -0.05) is 5.16 Å². The van der Waals surface area contributed by atoms with Crippen LogP contribution in [0.5, 0.6) is 0 Å². The molecule has 3 heteroatoms. The van der Waals surface area contributed by atoms with Crippen LogP contribution in [0.25, 0.3) is 0 Å². The molecule has 1 aliphatic rings. The molecule has 9 heavy (non-hydrogen) atoms. The monoisotopic (exact) mass is 128 g/mol. The van der Waals surface area contributed by atoms with Gasteiger partial charge < -0.3 is 10.2 Å². The molecule has 0 atom stereocenters. The lowest BCUT2D eigenvalue weighted by Gasteiger charge is -2.12. The van der Waals surface area contributed by atoms with Gasteiger partial charge in [-0.25, -0.2) is 0 Å². The number of nitrogens with zero attached hydrogens (tertiary/aromatic N) is 1. The Morgan fingerprint density at radius 3 is 3.11 bits per heavy atom. The topological polar surface area (TPSA) is 33.6 Å². The average molecular weight is 128 g/mol. The van der Waals surface area contributed by atoms with Gasteiger partial charge in [0.25, 0.3) is 0 Å². The van der Waals surface area contributed by atoms with Crippen molar-refractivity contribution in [1.82, 2.24) is 5.32 Å². The van der Waals surface area contributed by atoms with Crippen molar-refractivity contribution in [3.63, 3.8) is 0 Å². The molecule has 0 aromatic carbocycles. The van der Waals surface area contributed by atoms with Gasteiger partial charge in [-0.05, 0) is 19.4 Å². The fourth-order valence-electron chi connectivity index (χ4n) is 0.946. The Hall–Kier alpha value is -0.570. The molecule has 0 aromatic rings. The van der Waals surface area contributed by atoms with Crippen molar-refractivity contribution < 1.29 is 4.84 Å². The maximum atomic E-state index is 4.63. The zero-order valence-electron chi connectivity index (χ0n) is 5.68. The van der Waals surface area contributed by atoms with E-state index in [1.165, 1.54) is 6.42 Å². The smallest absolute Gasteiger partial charge is 0.106 e. The first-order valence-corrected chi connectivity index (χ1v) is 3.23. The van der Waals surface area contributed by atoms with Crippen LogP contribution < -0.4 is 5.32 Å². The van der Waals surface area contributed by atoms with E-state index in [1.54, 1.807) is 7.11 Å². The Balaban J connectivity index is 2.30. The van der Waals surface area contributed by atoms with Crippen LogP contribution in [0.4, 0.5) is 0 Å². The first-order chi connectivity index (χ1) is 4.43. The normalized spacial score (nSPS) is 24.3. The van der Waals surface area contributed by atoms with Gasteiger partial charge in [0.15, 0.2) is 0 Å². The van der Waals surface area contributed by atoms with Gasteiger partial charge in [0.1, 0.15) is 7.11 Å². The zero-order valence-corrected chi connectivity index (χ0v) is 5.68. The standard InChI is InChI=1S/C6H12N2O/c1-9-8-6-3-2-4-7-5-6/h7H,2-5H2,1H3/b8-6+. The number of hydrogen-bond acceptors (Lipinski definition) is 3. The van der Waals surface area contributed by atoms with Gasteiger partial charge in [0.2, 0.25) is 0 Å². The van der Waals surface area contributed by atoms with Crippen molar-refractivity contribution in [2.45, 2.75) is 12.8 Å². The molecule has 1 heterocycles. The van der Waals surface area contributed by atoms with E-state index in [1.807, 2.05) is 0 Å². The Labute approximate surface area is 55.1 Å². The first kappa shape index (κ1) is 6.55. The van der Waals surface area contributed by atoms with Crippen LogP contribution in [0, 0.1) is 0 Å². The lowest BCUT2D eigenvalue weighted by Crippen LogP contribution is -2.29. The molecule has 0 unspecified atom stereocenters. The Kier molecular flexibility index (Phi) is 2.51. The highest BCUT2D eigenvalue weighted by molar-refractivity contribution is 5.86. The van der Waals surface area contributed by atoms with Gasteiger partial charge in [-0.15, -0.1) is 0 Å². The average Bonchev–Trinajstić information content (AvgIpc) is 1.91. The van der Waals surface area contributed by atoms with E-state index < -0.39 is 0 Å². The second-order valence-corrected chi connectivity index (χ2v) is 2.12. The maximum absolute atomic E-state index is 4.63. The highest BCUT2D eigenvalue weighted by Gasteiger charge is 2.04. The third-order valence-corrected chi connectivity index (χ3v) is 1.37. The fourth-order valence-corrected chi connectivity index (χ4v) is 0.946. The van der Waals surface area contributed by atoms with Crippen molar-refractivity contribution >= 4 is 5.71 Å². The molecule has 0 radical (unpaired) electrons. The second kappa shape index (κ2) is 3.45. The van der Waals surface area contributed by atoms with Crippen molar-refractivity contribution in [2.75, 3.05) is 20.2 Å². The third-order valence-electron chi connectivity index (χ3n) is 1.37. The summed E-state index contributed by atoms with van der Waals surface area (Å²) in [6, 6.07) is 0. The third kappa shape index (κ3) is 2.01. The van der Waals surface area contributed by atoms with Gasteiger partial charge >= 0.3 is 0 Å². The zero-order chi connectivity index (χ0) is 6.53. The van der Waals surface area contributed by atoms with E-state index in [-0.39, 0.29) is 0 Å².